The second kappa shape index (κ2) is 7.87. The van der Waals surface area contributed by atoms with Crippen LogP contribution in [0.1, 0.15) is 24.8 Å². The van der Waals surface area contributed by atoms with Crippen molar-refractivity contribution in [2.75, 3.05) is 24.7 Å². The van der Waals surface area contributed by atoms with E-state index in [1.54, 1.807) is 23.1 Å². The number of anilines is 1. The highest BCUT2D eigenvalue weighted by Gasteiger charge is 2.19. The Kier molecular flexibility index (Phi) is 5.33. The van der Waals surface area contributed by atoms with E-state index in [0.29, 0.717) is 25.4 Å². The van der Waals surface area contributed by atoms with Crippen LogP contribution in [0.2, 0.25) is 0 Å². The monoisotopic (exact) mass is 402 g/mol. The fourth-order valence-electron chi connectivity index (χ4n) is 2.87. The van der Waals surface area contributed by atoms with Crippen LogP contribution in [0.15, 0.2) is 35.1 Å². The Labute approximate surface area is 166 Å². The number of allylic oxidation sites excluding steroid dienone is 1. The van der Waals surface area contributed by atoms with Crippen molar-refractivity contribution >= 4 is 49.8 Å². The Hall–Kier alpha value is -2.10. The van der Waals surface area contributed by atoms with E-state index >= 15 is 0 Å². The molecule has 3 heterocycles. The molecule has 142 valence electrons. The molecule has 3 N–H and O–H groups in total. The number of carbonyl (C=O) groups is 1. The normalized spacial score (nSPS) is 19.2. The molecule has 2 aliphatic rings. The van der Waals surface area contributed by atoms with Crippen molar-refractivity contribution < 1.29 is 4.79 Å². The quantitative estimate of drug-likeness (QED) is 0.657. The van der Waals surface area contributed by atoms with Gasteiger partial charge in [-0.15, -0.1) is 28.6 Å². The molecule has 1 atom stereocenters. The van der Waals surface area contributed by atoms with Gasteiger partial charge >= 0.3 is 0 Å². The lowest BCUT2D eigenvalue weighted by molar-refractivity contribution is -0.117. The van der Waals surface area contributed by atoms with Gasteiger partial charge in [0.2, 0.25) is 0 Å². The Morgan fingerprint density at radius 2 is 2.33 bits per heavy atom. The van der Waals surface area contributed by atoms with Crippen molar-refractivity contribution in [2.24, 2.45) is 4.99 Å². The molecule has 0 radical (unpaired) electrons. The molecule has 0 fully saturated rings. The summed E-state index contributed by atoms with van der Waals surface area (Å²) in [6, 6.07) is 6.41. The van der Waals surface area contributed by atoms with E-state index in [2.05, 4.69) is 34.3 Å². The SMILES string of the molecule is CC1CSC(c2nc3ccc(NCC(=O)CCC4=CN(C)NN4)cc3s2)=N1. The third-order valence-corrected chi connectivity index (χ3v) is 6.65. The van der Waals surface area contributed by atoms with Gasteiger partial charge in [-0.05, 0) is 31.5 Å². The zero-order valence-electron chi connectivity index (χ0n) is 15.3. The van der Waals surface area contributed by atoms with Crippen LogP contribution in [-0.2, 0) is 4.79 Å². The number of nitrogens with one attached hydrogen (secondary N) is 3. The minimum Gasteiger partial charge on any atom is -0.378 e. The van der Waals surface area contributed by atoms with Crippen molar-refractivity contribution in [1.29, 1.82) is 0 Å². The molecule has 2 aliphatic heterocycles. The first-order valence-corrected chi connectivity index (χ1v) is 10.7. The van der Waals surface area contributed by atoms with Gasteiger partial charge in [-0.25, -0.2) is 4.98 Å². The summed E-state index contributed by atoms with van der Waals surface area (Å²) >= 11 is 3.43. The first-order valence-electron chi connectivity index (χ1n) is 8.89. The lowest BCUT2D eigenvalue weighted by Crippen LogP contribution is -2.33. The fraction of sp³-hybridized carbons (Fsp3) is 0.389. The van der Waals surface area contributed by atoms with Crippen molar-refractivity contribution in [3.63, 3.8) is 0 Å². The number of fused-ring (bicyclic) bond motifs is 1. The number of aromatic nitrogens is 1. The molecular formula is C18H22N6OS2. The number of thiazole rings is 1. The smallest absolute Gasteiger partial charge is 0.152 e. The van der Waals surface area contributed by atoms with E-state index < -0.39 is 0 Å². The number of thioether (sulfide) groups is 1. The first-order chi connectivity index (χ1) is 13.1. The van der Waals surface area contributed by atoms with Gasteiger partial charge in [-0.3, -0.25) is 14.8 Å². The molecule has 9 heteroatoms. The standard InChI is InChI=1S/C18H22N6OS2/c1-11-10-26-17(20-11)18-21-15-6-4-12(7-16(15)27-18)19-8-14(25)5-3-13-9-24(2)23-22-13/h4,6-7,9,11,19,22-23H,3,5,8,10H2,1-2H3. The van der Waals surface area contributed by atoms with Crippen LogP contribution in [0.4, 0.5) is 5.69 Å². The summed E-state index contributed by atoms with van der Waals surface area (Å²) in [5.74, 6) is 1.21. The molecule has 2 aromatic rings. The highest BCUT2D eigenvalue weighted by atomic mass is 32.2. The van der Waals surface area contributed by atoms with E-state index in [9.17, 15) is 4.79 Å². The molecule has 7 nitrogen and oxygen atoms in total. The summed E-state index contributed by atoms with van der Waals surface area (Å²) in [5.41, 5.74) is 8.91. The Morgan fingerprint density at radius 3 is 3.07 bits per heavy atom. The number of nitrogens with zero attached hydrogens (tertiary/aromatic N) is 3. The van der Waals surface area contributed by atoms with Crippen LogP contribution >= 0.6 is 23.1 Å². The number of aliphatic imine (C=N–C) groups is 1. The van der Waals surface area contributed by atoms with Gasteiger partial charge in [0.25, 0.3) is 0 Å². The van der Waals surface area contributed by atoms with E-state index in [1.165, 1.54) is 0 Å². The maximum absolute atomic E-state index is 12.1. The maximum atomic E-state index is 12.1. The van der Waals surface area contributed by atoms with Crippen LogP contribution in [0, 0.1) is 0 Å². The molecule has 27 heavy (non-hydrogen) atoms. The van der Waals surface area contributed by atoms with Crippen molar-refractivity contribution in [1.82, 2.24) is 21.0 Å². The Balaban J connectivity index is 1.34. The first kappa shape index (κ1) is 18.3. The molecule has 4 rings (SSSR count). The highest BCUT2D eigenvalue weighted by molar-refractivity contribution is 8.15. The molecular weight excluding hydrogens is 380 g/mol. The number of hydrazine groups is 2. The molecule has 0 saturated carbocycles. The summed E-state index contributed by atoms with van der Waals surface area (Å²) in [4.78, 5) is 21.5. The summed E-state index contributed by atoms with van der Waals surface area (Å²) in [5, 5.41) is 7.09. The fourth-order valence-corrected chi connectivity index (χ4v) is 4.96. The number of rotatable bonds is 7. The van der Waals surface area contributed by atoms with Crippen LogP contribution in [0.3, 0.4) is 0 Å². The van der Waals surface area contributed by atoms with Gasteiger partial charge < -0.3 is 10.7 Å². The third-order valence-electron chi connectivity index (χ3n) is 4.28. The highest BCUT2D eigenvalue weighted by Crippen LogP contribution is 2.30. The van der Waals surface area contributed by atoms with Crippen molar-refractivity contribution in [2.45, 2.75) is 25.8 Å². The molecule has 1 aromatic heterocycles. The number of benzene rings is 1. The largest absolute Gasteiger partial charge is 0.378 e. The molecule has 0 spiro atoms. The van der Waals surface area contributed by atoms with Crippen LogP contribution < -0.4 is 16.3 Å². The Morgan fingerprint density at radius 1 is 1.44 bits per heavy atom. The molecule has 0 saturated heterocycles. The molecule has 0 amide bonds. The third kappa shape index (κ3) is 4.42. The summed E-state index contributed by atoms with van der Waals surface area (Å²) < 4.78 is 1.11. The molecule has 0 bridgehead atoms. The average Bonchev–Trinajstić information content (AvgIpc) is 3.37. The number of Topliss-reactive ketones (excluding diaryl/α,β-unsaturated/α-hetero) is 1. The van der Waals surface area contributed by atoms with E-state index in [4.69, 9.17) is 4.98 Å². The topological polar surface area (TPSA) is 81.7 Å². The number of hydrogen-bond acceptors (Lipinski definition) is 9. The minimum atomic E-state index is 0.183. The zero-order valence-corrected chi connectivity index (χ0v) is 16.9. The minimum absolute atomic E-state index is 0.183. The summed E-state index contributed by atoms with van der Waals surface area (Å²) in [6.07, 6.45) is 3.15. The van der Waals surface area contributed by atoms with Gasteiger partial charge in [-0.1, -0.05) is 0 Å². The predicted octanol–water partition coefficient (Wildman–Crippen LogP) is 2.74. The maximum Gasteiger partial charge on any atom is 0.152 e. The average molecular weight is 403 g/mol. The van der Waals surface area contributed by atoms with Crippen molar-refractivity contribution in [3.8, 4) is 0 Å². The second-order valence-corrected chi connectivity index (χ2v) is 8.73. The lowest BCUT2D eigenvalue weighted by atomic mass is 10.2. The Bertz CT molecular complexity index is 922. The van der Waals surface area contributed by atoms with Gasteiger partial charge in [0.05, 0.1) is 22.8 Å². The number of ketones is 1. The summed E-state index contributed by atoms with van der Waals surface area (Å²) in [7, 11) is 1.91. The zero-order chi connectivity index (χ0) is 18.8. The molecule has 1 unspecified atom stereocenters. The van der Waals surface area contributed by atoms with E-state index in [0.717, 1.165) is 37.4 Å². The van der Waals surface area contributed by atoms with Crippen LogP contribution in [0.5, 0.6) is 0 Å². The van der Waals surface area contributed by atoms with Crippen LogP contribution in [0.25, 0.3) is 10.2 Å². The lowest BCUT2D eigenvalue weighted by Gasteiger charge is -2.07. The second-order valence-electron chi connectivity index (χ2n) is 6.69. The molecule has 1 aromatic carbocycles. The summed E-state index contributed by atoms with van der Waals surface area (Å²) in [6.45, 7) is 2.45. The number of carbonyl (C=O) groups excluding carboxylic acids is 1. The predicted molar refractivity (Wildman–Crippen MR) is 113 cm³/mol. The van der Waals surface area contributed by atoms with Gasteiger partial charge in [0.15, 0.2) is 5.78 Å². The van der Waals surface area contributed by atoms with Gasteiger partial charge in [-0.2, -0.15) is 0 Å². The van der Waals surface area contributed by atoms with E-state index in [1.807, 2.05) is 30.4 Å². The van der Waals surface area contributed by atoms with Gasteiger partial charge in [0.1, 0.15) is 10.1 Å². The van der Waals surface area contributed by atoms with Crippen LogP contribution in [-0.4, -0.2) is 46.2 Å². The number of hydrogen-bond donors (Lipinski definition) is 3. The van der Waals surface area contributed by atoms with E-state index in [-0.39, 0.29) is 5.78 Å². The molecule has 0 aliphatic carbocycles. The van der Waals surface area contributed by atoms with Gasteiger partial charge in [0, 0.05) is 36.8 Å². The van der Waals surface area contributed by atoms with Crippen molar-refractivity contribution in [3.05, 3.63) is 35.1 Å².